The molecule has 0 heterocycles. The van der Waals surface area contributed by atoms with Crippen LogP contribution in [0.3, 0.4) is 0 Å². The molecule has 3 nitrogen and oxygen atoms in total. The van der Waals surface area contributed by atoms with Crippen LogP contribution >= 0.6 is 0 Å². The van der Waals surface area contributed by atoms with Crippen molar-refractivity contribution in [2.45, 2.75) is 53.2 Å². The highest BCUT2D eigenvalue weighted by Gasteiger charge is 2.11. The van der Waals surface area contributed by atoms with Crippen LogP contribution in [0.4, 0.5) is 0 Å². The number of aliphatic hydroxyl groups excluding tert-OH is 1. The van der Waals surface area contributed by atoms with Crippen LogP contribution in [-0.2, 0) is 6.54 Å². The minimum Gasteiger partial charge on any atom is -0.494 e. The largest absolute Gasteiger partial charge is 0.494 e. The quantitative estimate of drug-likeness (QED) is 0.747. The van der Waals surface area contributed by atoms with Crippen molar-refractivity contribution in [3.8, 4) is 5.75 Å². The molecule has 0 bridgehead atoms. The Labute approximate surface area is 123 Å². The number of aliphatic hydroxyl groups is 1. The Morgan fingerprint density at radius 2 is 1.80 bits per heavy atom. The van der Waals surface area contributed by atoms with E-state index in [-0.39, 0.29) is 0 Å². The Kier molecular flexibility index (Phi) is 7.63. The summed E-state index contributed by atoms with van der Waals surface area (Å²) in [4.78, 5) is 2.45. The van der Waals surface area contributed by atoms with E-state index in [2.05, 4.69) is 24.8 Å². The zero-order chi connectivity index (χ0) is 15.0. The van der Waals surface area contributed by atoms with E-state index in [0.717, 1.165) is 43.8 Å². The molecule has 0 amide bonds. The van der Waals surface area contributed by atoms with Gasteiger partial charge in [-0.1, -0.05) is 19.9 Å². The van der Waals surface area contributed by atoms with Crippen LogP contribution in [0.1, 0.15) is 57.8 Å². The lowest BCUT2D eigenvalue weighted by molar-refractivity contribution is 0.198. The standard InChI is InChI=1S/C17H29NO2/c1-5-10-18(11-6-2)13-16-12-15(14(4)19)8-9-17(16)20-7-3/h8-9,12,14,19H,5-7,10-11,13H2,1-4H3. The molecule has 1 rings (SSSR count). The summed E-state index contributed by atoms with van der Waals surface area (Å²) in [5.74, 6) is 0.939. The van der Waals surface area contributed by atoms with E-state index >= 15 is 0 Å². The van der Waals surface area contributed by atoms with Crippen LogP contribution in [0.15, 0.2) is 18.2 Å². The van der Waals surface area contributed by atoms with Gasteiger partial charge in [0.25, 0.3) is 0 Å². The van der Waals surface area contributed by atoms with Gasteiger partial charge in [-0.2, -0.15) is 0 Å². The van der Waals surface area contributed by atoms with E-state index in [1.54, 1.807) is 6.92 Å². The molecule has 20 heavy (non-hydrogen) atoms. The van der Waals surface area contributed by atoms with Crippen LogP contribution < -0.4 is 4.74 Å². The van der Waals surface area contributed by atoms with E-state index in [1.807, 2.05) is 19.1 Å². The fraction of sp³-hybridized carbons (Fsp3) is 0.647. The first-order valence-corrected chi connectivity index (χ1v) is 7.78. The second kappa shape index (κ2) is 8.98. The van der Waals surface area contributed by atoms with E-state index in [4.69, 9.17) is 4.74 Å². The molecule has 0 aliphatic heterocycles. The number of hydrogen-bond donors (Lipinski definition) is 1. The van der Waals surface area contributed by atoms with Gasteiger partial charge >= 0.3 is 0 Å². The molecular weight excluding hydrogens is 250 g/mol. The number of ether oxygens (including phenoxy) is 1. The van der Waals surface area contributed by atoms with E-state index in [0.29, 0.717) is 6.61 Å². The van der Waals surface area contributed by atoms with Gasteiger partial charge in [0.2, 0.25) is 0 Å². The Balaban J connectivity index is 2.94. The Bertz CT molecular complexity index is 385. The molecule has 1 aromatic rings. The maximum Gasteiger partial charge on any atom is 0.123 e. The van der Waals surface area contributed by atoms with Gasteiger partial charge in [0.15, 0.2) is 0 Å². The summed E-state index contributed by atoms with van der Waals surface area (Å²) in [6, 6.07) is 6.01. The summed E-state index contributed by atoms with van der Waals surface area (Å²) in [5.41, 5.74) is 2.13. The average molecular weight is 279 g/mol. The lowest BCUT2D eigenvalue weighted by Gasteiger charge is -2.23. The van der Waals surface area contributed by atoms with Gasteiger partial charge in [0.1, 0.15) is 5.75 Å². The average Bonchev–Trinajstić information content (AvgIpc) is 2.41. The molecule has 0 aliphatic carbocycles. The van der Waals surface area contributed by atoms with Crippen molar-refractivity contribution >= 4 is 0 Å². The molecule has 114 valence electrons. The molecule has 0 fully saturated rings. The van der Waals surface area contributed by atoms with Gasteiger partial charge in [0, 0.05) is 12.1 Å². The first-order chi connectivity index (χ1) is 9.62. The lowest BCUT2D eigenvalue weighted by atomic mass is 10.1. The molecule has 0 spiro atoms. The molecule has 3 heteroatoms. The second-order valence-electron chi connectivity index (χ2n) is 5.25. The van der Waals surface area contributed by atoms with Gasteiger partial charge in [0.05, 0.1) is 12.7 Å². The lowest BCUT2D eigenvalue weighted by Crippen LogP contribution is -2.25. The second-order valence-corrected chi connectivity index (χ2v) is 5.25. The van der Waals surface area contributed by atoms with Gasteiger partial charge in [-0.05, 0) is 57.5 Å². The van der Waals surface area contributed by atoms with Crippen molar-refractivity contribution < 1.29 is 9.84 Å². The normalized spacial score (nSPS) is 12.7. The van der Waals surface area contributed by atoms with Crippen molar-refractivity contribution in [1.82, 2.24) is 4.90 Å². The Morgan fingerprint density at radius 1 is 1.15 bits per heavy atom. The molecule has 0 saturated carbocycles. The third-order valence-electron chi connectivity index (χ3n) is 3.34. The van der Waals surface area contributed by atoms with Crippen molar-refractivity contribution in [2.24, 2.45) is 0 Å². The van der Waals surface area contributed by atoms with Crippen LogP contribution in [0, 0.1) is 0 Å². The Morgan fingerprint density at radius 3 is 2.30 bits per heavy atom. The number of hydrogen-bond acceptors (Lipinski definition) is 3. The van der Waals surface area contributed by atoms with Gasteiger partial charge < -0.3 is 9.84 Å². The van der Waals surface area contributed by atoms with Crippen molar-refractivity contribution in [3.63, 3.8) is 0 Å². The zero-order valence-electron chi connectivity index (χ0n) is 13.4. The molecule has 1 N–H and O–H groups in total. The molecule has 0 aromatic heterocycles. The summed E-state index contributed by atoms with van der Waals surface area (Å²) in [6.45, 7) is 12.0. The van der Waals surface area contributed by atoms with E-state index in [1.165, 1.54) is 5.56 Å². The predicted octanol–water partition coefficient (Wildman–Crippen LogP) is 3.76. The van der Waals surface area contributed by atoms with Gasteiger partial charge in [-0.15, -0.1) is 0 Å². The molecule has 1 atom stereocenters. The number of benzene rings is 1. The summed E-state index contributed by atoms with van der Waals surface area (Å²) < 4.78 is 5.72. The van der Waals surface area contributed by atoms with Crippen LogP contribution in [0.5, 0.6) is 5.75 Å². The maximum absolute atomic E-state index is 9.76. The number of rotatable bonds is 9. The minimum absolute atomic E-state index is 0.435. The van der Waals surface area contributed by atoms with Crippen molar-refractivity contribution in [2.75, 3.05) is 19.7 Å². The highest BCUT2D eigenvalue weighted by molar-refractivity contribution is 5.38. The van der Waals surface area contributed by atoms with E-state index in [9.17, 15) is 5.11 Å². The summed E-state index contributed by atoms with van der Waals surface area (Å²) in [7, 11) is 0. The Hall–Kier alpha value is -1.06. The SMILES string of the molecule is CCCN(CCC)Cc1cc(C(C)O)ccc1OCC. The topological polar surface area (TPSA) is 32.7 Å². The summed E-state index contributed by atoms with van der Waals surface area (Å²) in [5, 5.41) is 9.76. The molecule has 0 aliphatic rings. The van der Waals surface area contributed by atoms with Crippen LogP contribution in [0.2, 0.25) is 0 Å². The molecule has 1 unspecified atom stereocenters. The fourth-order valence-electron chi connectivity index (χ4n) is 2.42. The van der Waals surface area contributed by atoms with Crippen molar-refractivity contribution in [3.05, 3.63) is 29.3 Å². The van der Waals surface area contributed by atoms with Crippen molar-refractivity contribution in [1.29, 1.82) is 0 Å². The molecule has 0 radical (unpaired) electrons. The van der Waals surface area contributed by atoms with Crippen LogP contribution in [-0.4, -0.2) is 29.7 Å². The monoisotopic (exact) mass is 279 g/mol. The minimum atomic E-state index is -0.435. The molecule has 0 saturated heterocycles. The van der Waals surface area contributed by atoms with Gasteiger partial charge in [-0.3, -0.25) is 4.90 Å². The highest BCUT2D eigenvalue weighted by Crippen LogP contribution is 2.25. The molecular formula is C17H29NO2. The third-order valence-corrected chi connectivity index (χ3v) is 3.34. The smallest absolute Gasteiger partial charge is 0.123 e. The van der Waals surface area contributed by atoms with Gasteiger partial charge in [-0.25, -0.2) is 0 Å². The van der Waals surface area contributed by atoms with Crippen LogP contribution in [0.25, 0.3) is 0 Å². The fourth-order valence-corrected chi connectivity index (χ4v) is 2.42. The first kappa shape index (κ1) is 17.0. The van der Waals surface area contributed by atoms with E-state index < -0.39 is 6.10 Å². The first-order valence-electron chi connectivity index (χ1n) is 7.78. The molecule has 1 aromatic carbocycles. The zero-order valence-corrected chi connectivity index (χ0v) is 13.4. The predicted molar refractivity (Wildman–Crippen MR) is 84.1 cm³/mol. The summed E-state index contributed by atoms with van der Waals surface area (Å²) in [6.07, 6.45) is 1.87. The third kappa shape index (κ3) is 5.14. The number of nitrogens with zero attached hydrogens (tertiary/aromatic N) is 1. The highest BCUT2D eigenvalue weighted by atomic mass is 16.5. The maximum atomic E-state index is 9.76. The summed E-state index contributed by atoms with van der Waals surface area (Å²) >= 11 is 0.